The summed E-state index contributed by atoms with van der Waals surface area (Å²) in [5.74, 6) is 0. The summed E-state index contributed by atoms with van der Waals surface area (Å²) in [6.45, 7) is 0. The quantitative estimate of drug-likeness (QED) is 0.875. The predicted molar refractivity (Wildman–Crippen MR) is 78.2 cm³/mol. The van der Waals surface area contributed by atoms with Crippen LogP contribution in [0, 0.1) is 0 Å². The maximum Gasteiger partial charge on any atom is 0.242 e. The standard InChI is InChI=1S/C13H12BrNO2S/c14-10-18(16,17)15-13-9-5-4-8-12(13)11-6-2-1-3-7-11/h1-9,15H,10H2. The fraction of sp³-hybridized carbons (Fsp3) is 0.0769. The number of alkyl halides is 1. The molecule has 3 nitrogen and oxygen atoms in total. The molecule has 0 bridgehead atoms. The second-order valence-corrected chi connectivity index (χ2v) is 6.76. The topological polar surface area (TPSA) is 46.2 Å². The number of hydrogen-bond acceptors (Lipinski definition) is 2. The normalized spacial score (nSPS) is 11.2. The van der Waals surface area contributed by atoms with Crippen molar-refractivity contribution in [3.63, 3.8) is 0 Å². The van der Waals surface area contributed by atoms with Crippen LogP contribution in [0.15, 0.2) is 54.6 Å². The third-order valence-corrected chi connectivity index (χ3v) is 5.05. The Hall–Kier alpha value is -1.33. The molecule has 0 aromatic heterocycles. The van der Waals surface area contributed by atoms with Crippen LogP contribution in [-0.4, -0.2) is 13.1 Å². The van der Waals surface area contributed by atoms with Crippen molar-refractivity contribution < 1.29 is 8.42 Å². The Balaban J connectivity index is 2.44. The fourth-order valence-corrected chi connectivity index (χ4v) is 2.55. The first-order valence-corrected chi connectivity index (χ1v) is 8.11. The van der Waals surface area contributed by atoms with Crippen molar-refractivity contribution in [1.82, 2.24) is 0 Å². The molecular formula is C13H12BrNO2S. The molecule has 2 aromatic rings. The maximum atomic E-state index is 11.6. The van der Waals surface area contributed by atoms with Crippen LogP contribution in [0.5, 0.6) is 0 Å². The van der Waals surface area contributed by atoms with E-state index in [4.69, 9.17) is 0 Å². The molecule has 0 spiro atoms. The smallest absolute Gasteiger partial charge is 0.242 e. The minimum Gasteiger partial charge on any atom is -0.282 e. The maximum absolute atomic E-state index is 11.6. The highest BCUT2D eigenvalue weighted by molar-refractivity contribution is 9.10. The van der Waals surface area contributed by atoms with Gasteiger partial charge in [0.2, 0.25) is 10.0 Å². The van der Waals surface area contributed by atoms with Crippen LogP contribution >= 0.6 is 15.9 Å². The Morgan fingerprint density at radius 1 is 0.944 bits per heavy atom. The van der Waals surface area contributed by atoms with Gasteiger partial charge in [-0.1, -0.05) is 64.5 Å². The van der Waals surface area contributed by atoms with Crippen LogP contribution in [0.1, 0.15) is 0 Å². The lowest BCUT2D eigenvalue weighted by molar-refractivity contribution is 0.606. The predicted octanol–water partition coefficient (Wildman–Crippen LogP) is 3.45. The molecule has 0 aliphatic carbocycles. The monoisotopic (exact) mass is 325 g/mol. The summed E-state index contributed by atoms with van der Waals surface area (Å²) in [6.07, 6.45) is 0. The summed E-state index contributed by atoms with van der Waals surface area (Å²) >= 11 is 2.96. The van der Waals surface area contributed by atoms with Crippen molar-refractivity contribution in [2.75, 3.05) is 9.38 Å². The number of nitrogens with one attached hydrogen (secondary N) is 1. The highest BCUT2D eigenvalue weighted by Crippen LogP contribution is 2.28. The van der Waals surface area contributed by atoms with Gasteiger partial charge in [0.25, 0.3) is 0 Å². The largest absolute Gasteiger partial charge is 0.282 e. The van der Waals surface area contributed by atoms with E-state index in [-0.39, 0.29) is 4.66 Å². The number of rotatable bonds is 4. The van der Waals surface area contributed by atoms with Crippen molar-refractivity contribution in [3.05, 3.63) is 54.6 Å². The lowest BCUT2D eigenvalue weighted by atomic mass is 10.0. The van der Waals surface area contributed by atoms with Crippen molar-refractivity contribution in [1.29, 1.82) is 0 Å². The molecule has 0 atom stereocenters. The first kappa shape index (κ1) is 13.1. The molecule has 0 saturated heterocycles. The molecule has 0 heterocycles. The number of benzene rings is 2. The van der Waals surface area contributed by atoms with Crippen molar-refractivity contribution in [3.8, 4) is 11.1 Å². The van der Waals surface area contributed by atoms with E-state index in [2.05, 4.69) is 20.7 Å². The van der Waals surface area contributed by atoms with Gasteiger partial charge >= 0.3 is 0 Å². The van der Waals surface area contributed by atoms with Gasteiger partial charge in [-0.2, -0.15) is 0 Å². The van der Waals surface area contributed by atoms with Crippen LogP contribution in [0.4, 0.5) is 5.69 Å². The molecule has 2 aromatic carbocycles. The Morgan fingerprint density at radius 3 is 2.22 bits per heavy atom. The molecule has 0 unspecified atom stereocenters. The Labute approximate surface area is 115 Å². The molecule has 0 fully saturated rings. The van der Waals surface area contributed by atoms with Gasteiger partial charge in [0.05, 0.1) is 5.69 Å². The number of sulfonamides is 1. The van der Waals surface area contributed by atoms with Gasteiger partial charge in [-0.05, 0) is 11.6 Å². The van der Waals surface area contributed by atoms with Gasteiger partial charge in [-0.15, -0.1) is 0 Å². The Morgan fingerprint density at radius 2 is 1.56 bits per heavy atom. The van der Waals surface area contributed by atoms with Crippen LogP contribution in [0.25, 0.3) is 11.1 Å². The average molecular weight is 326 g/mol. The third kappa shape index (κ3) is 3.11. The van der Waals surface area contributed by atoms with Gasteiger partial charge < -0.3 is 0 Å². The van der Waals surface area contributed by atoms with Crippen LogP contribution in [0.2, 0.25) is 0 Å². The molecule has 2 rings (SSSR count). The van der Waals surface area contributed by atoms with E-state index < -0.39 is 10.0 Å². The molecule has 0 radical (unpaired) electrons. The molecule has 0 aliphatic rings. The molecule has 94 valence electrons. The first-order valence-electron chi connectivity index (χ1n) is 5.33. The SMILES string of the molecule is O=S(=O)(CBr)Nc1ccccc1-c1ccccc1. The fourth-order valence-electron chi connectivity index (χ4n) is 1.64. The molecule has 0 aliphatic heterocycles. The Kier molecular flexibility index (Phi) is 4.04. The van der Waals surface area contributed by atoms with Crippen LogP contribution in [-0.2, 0) is 10.0 Å². The zero-order valence-electron chi connectivity index (χ0n) is 9.51. The van der Waals surface area contributed by atoms with Gasteiger partial charge in [0.1, 0.15) is 4.66 Å². The molecule has 18 heavy (non-hydrogen) atoms. The number of para-hydroxylation sites is 1. The third-order valence-electron chi connectivity index (χ3n) is 2.42. The van der Waals surface area contributed by atoms with E-state index in [0.717, 1.165) is 11.1 Å². The zero-order valence-corrected chi connectivity index (χ0v) is 11.9. The average Bonchev–Trinajstić information content (AvgIpc) is 2.40. The van der Waals surface area contributed by atoms with Gasteiger partial charge in [0, 0.05) is 5.56 Å². The first-order chi connectivity index (χ1) is 8.62. The lowest BCUT2D eigenvalue weighted by Crippen LogP contribution is -2.13. The van der Waals surface area contributed by atoms with Crippen molar-refractivity contribution >= 4 is 31.6 Å². The number of anilines is 1. The van der Waals surface area contributed by atoms with E-state index in [1.807, 2.05) is 42.5 Å². The summed E-state index contributed by atoms with van der Waals surface area (Å²) in [4.78, 5) is 0. The summed E-state index contributed by atoms with van der Waals surface area (Å²) in [6, 6.07) is 17.0. The van der Waals surface area contributed by atoms with E-state index >= 15 is 0 Å². The van der Waals surface area contributed by atoms with Crippen LogP contribution < -0.4 is 4.72 Å². The molecule has 0 saturated carbocycles. The van der Waals surface area contributed by atoms with Gasteiger partial charge in [-0.3, -0.25) is 4.72 Å². The summed E-state index contributed by atoms with van der Waals surface area (Å²) in [5.41, 5.74) is 2.43. The van der Waals surface area contributed by atoms with Gasteiger partial charge in [-0.25, -0.2) is 8.42 Å². The minimum absolute atomic E-state index is 0.122. The zero-order chi connectivity index (χ0) is 13.0. The number of hydrogen-bond donors (Lipinski definition) is 1. The van der Waals surface area contributed by atoms with E-state index in [0.29, 0.717) is 5.69 Å². The van der Waals surface area contributed by atoms with E-state index in [1.165, 1.54) is 0 Å². The van der Waals surface area contributed by atoms with E-state index in [1.54, 1.807) is 12.1 Å². The Bertz CT molecular complexity index is 626. The summed E-state index contributed by atoms with van der Waals surface area (Å²) in [5, 5.41) is 0. The second kappa shape index (κ2) is 5.54. The van der Waals surface area contributed by atoms with E-state index in [9.17, 15) is 8.42 Å². The minimum atomic E-state index is -3.34. The highest BCUT2D eigenvalue weighted by atomic mass is 79.9. The molecule has 1 N–H and O–H groups in total. The molecule has 0 amide bonds. The second-order valence-electron chi connectivity index (χ2n) is 3.74. The molecule has 5 heteroatoms. The van der Waals surface area contributed by atoms with Crippen molar-refractivity contribution in [2.24, 2.45) is 0 Å². The summed E-state index contributed by atoms with van der Waals surface area (Å²) in [7, 11) is -3.34. The van der Waals surface area contributed by atoms with Crippen molar-refractivity contribution in [2.45, 2.75) is 0 Å². The molecular weight excluding hydrogens is 314 g/mol. The number of halogens is 1. The lowest BCUT2D eigenvalue weighted by Gasteiger charge is -2.11. The van der Waals surface area contributed by atoms with Crippen LogP contribution in [0.3, 0.4) is 0 Å². The van der Waals surface area contributed by atoms with Gasteiger partial charge in [0.15, 0.2) is 0 Å². The highest BCUT2D eigenvalue weighted by Gasteiger charge is 2.11. The summed E-state index contributed by atoms with van der Waals surface area (Å²) < 4.78 is 25.6.